The summed E-state index contributed by atoms with van der Waals surface area (Å²) >= 11 is 0. The third-order valence-corrected chi connectivity index (χ3v) is 5.34. The zero-order chi connectivity index (χ0) is 19.6. The van der Waals surface area contributed by atoms with E-state index in [4.69, 9.17) is 0 Å². The number of benzene rings is 3. The molecule has 0 bridgehead atoms. The number of fused-ring (bicyclic) bond motifs is 1. The van der Waals surface area contributed by atoms with Gasteiger partial charge in [-0.1, -0.05) is 78.0 Å². The van der Waals surface area contributed by atoms with Gasteiger partial charge >= 0.3 is 0 Å². The lowest BCUT2D eigenvalue weighted by molar-refractivity contribution is 0.0729. The molecule has 5 rings (SSSR count). The molecule has 1 aliphatic heterocycles. The molecule has 0 atom stereocenters. The third kappa shape index (κ3) is 3.21. The number of hydrogen-bond donors (Lipinski definition) is 0. The molecule has 142 valence electrons. The van der Waals surface area contributed by atoms with E-state index in [2.05, 4.69) is 28.5 Å². The van der Waals surface area contributed by atoms with E-state index in [9.17, 15) is 4.79 Å². The Morgan fingerprint density at radius 3 is 2.21 bits per heavy atom. The molecule has 5 nitrogen and oxygen atoms in total. The number of para-hydroxylation sites is 1. The lowest BCUT2D eigenvalue weighted by Gasteiger charge is -2.28. The Kier molecular flexibility index (Phi) is 4.41. The molecule has 2 heterocycles. The van der Waals surface area contributed by atoms with E-state index in [0.29, 0.717) is 18.8 Å². The normalized spacial score (nSPS) is 13.2. The number of hydrogen-bond acceptors (Lipinski definition) is 3. The summed E-state index contributed by atoms with van der Waals surface area (Å²) in [5, 5.41) is 8.66. The van der Waals surface area contributed by atoms with Crippen molar-refractivity contribution in [1.82, 2.24) is 19.9 Å². The predicted molar refractivity (Wildman–Crippen MR) is 112 cm³/mol. The molecule has 29 heavy (non-hydrogen) atoms. The molecule has 1 aliphatic rings. The Hall–Kier alpha value is -3.73. The van der Waals surface area contributed by atoms with Crippen molar-refractivity contribution < 1.29 is 4.79 Å². The largest absolute Gasteiger partial charge is 0.333 e. The Morgan fingerprint density at radius 1 is 0.793 bits per heavy atom. The molecule has 0 fully saturated rings. The lowest BCUT2D eigenvalue weighted by Crippen LogP contribution is -2.36. The van der Waals surface area contributed by atoms with E-state index in [1.165, 1.54) is 11.1 Å². The van der Waals surface area contributed by atoms with Crippen LogP contribution in [0.25, 0.3) is 16.9 Å². The fourth-order valence-corrected chi connectivity index (χ4v) is 3.85. The Bertz CT molecular complexity index is 1150. The van der Waals surface area contributed by atoms with Gasteiger partial charge in [-0.05, 0) is 29.7 Å². The van der Waals surface area contributed by atoms with Gasteiger partial charge in [-0.3, -0.25) is 4.79 Å². The van der Waals surface area contributed by atoms with Crippen LogP contribution < -0.4 is 0 Å². The zero-order valence-corrected chi connectivity index (χ0v) is 15.9. The van der Waals surface area contributed by atoms with Gasteiger partial charge in [0.15, 0.2) is 5.69 Å². The summed E-state index contributed by atoms with van der Waals surface area (Å²) in [7, 11) is 0. The first-order valence-electron chi connectivity index (χ1n) is 9.74. The molecular formula is C24H20N4O. The number of amides is 1. The van der Waals surface area contributed by atoms with Gasteiger partial charge in [0, 0.05) is 18.7 Å². The fraction of sp³-hybridized carbons (Fsp3) is 0.125. The minimum atomic E-state index is -0.0828. The zero-order valence-electron chi connectivity index (χ0n) is 15.9. The maximum Gasteiger partial charge on any atom is 0.277 e. The van der Waals surface area contributed by atoms with Crippen LogP contribution in [0.4, 0.5) is 0 Å². The topological polar surface area (TPSA) is 51.0 Å². The van der Waals surface area contributed by atoms with E-state index in [-0.39, 0.29) is 5.91 Å². The highest BCUT2D eigenvalue weighted by atomic mass is 16.2. The molecular weight excluding hydrogens is 360 g/mol. The highest BCUT2D eigenvalue weighted by molar-refractivity contribution is 5.98. The number of carbonyl (C=O) groups excluding carboxylic acids is 1. The summed E-state index contributed by atoms with van der Waals surface area (Å²) in [6.07, 6.45) is 0.857. The number of aromatic nitrogens is 3. The maximum absolute atomic E-state index is 13.5. The quantitative estimate of drug-likeness (QED) is 0.537. The van der Waals surface area contributed by atoms with Crippen LogP contribution in [0.1, 0.15) is 21.6 Å². The average molecular weight is 380 g/mol. The van der Waals surface area contributed by atoms with Gasteiger partial charge in [-0.15, -0.1) is 5.10 Å². The lowest BCUT2D eigenvalue weighted by atomic mass is 9.99. The van der Waals surface area contributed by atoms with Crippen LogP contribution in [0.5, 0.6) is 0 Å². The molecule has 3 aromatic carbocycles. The highest BCUT2D eigenvalue weighted by Crippen LogP contribution is 2.28. The van der Waals surface area contributed by atoms with Gasteiger partial charge in [0.1, 0.15) is 5.69 Å². The first-order valence-corrected chi connectivity index (χ1v) is 9.74. The smallest absolute Gasteiger partial charge is 0.277 e. The SMILES string of the molecule is O=C(c1nnn(-c2ccccc2)c1-c1ccccc1)N1CCc2ccccc2C1. The molecule has 0 unspecified atom stereocenters. The molecule has 1 aromatic heterocycles. The van der Waals surface area contributed by atoms with Crippen molar-refractivity contribution in [2.75, 3.05) is 6.54 Å². The first-order chi connectivity index (χ1) is 14.3. The van der Waals surface area contributed by atoms with Gasteiger partial charge in [-0.25, -0.2) is 4.68 Å². The molecule has 1 amide bonds. The third-order valence-electron chi connectivity index (χ3n) is 5.34. The van der Waals surface area contributed by atoms with Crippen LogP contribution in [-0.4, -0.2) is 32.3 Å². The Labute approximate surface area is 169 Å². The van der Waals surface area contributed by atoms with E-state index >= 15 is 0 Å². The minimum absolute atomic E-state index is 0.0828. The summed E-state index contributed by atoms with van der Waals surface area (Å²) in [6.45, 7) is 1.28. The number of nitrogens with zero attached hydrogens (tertiary/aromatic N) is 4. The van der Waals surface area contributed by atoms with Crippen LogP contribution in [-0.2, 0) is 13.0 Å². The minimum Gasteiger partial charge on any atom is -0.333 e. The molecule has 4 aromatic rings. The van der Waals surface area contributed by atoms with Gasteiger partial charge in [0.2, 0.25) is 0 Å². The molecule has 0 radical (unpaired) electrons. The molecule has 0 spiro atoms. The summed E-state index contributed by atoms with van der Waals surface area (Å²) in [5.41, 5.74) is 5.42. The van der Waals surface area contributed by atoms with E-state index in [1.54, 1.807) is 4.68 Å². The van der Waals surface area contributed by atoms with Crippen LogP contribution in [0.15, 0.2) is 84.9 Å². The van der Waals surface area contributed by atoms with Crippen molar-refractivity contribution >= 4 is 5.91 Å². The second kappa shape index (κ2) is 7.36. The summed E-state index contributed by atoms with van der Waals surface area (Å²) in [5.74, 6) is -0.0828. The van der Waals surface area contributed by atoms with Gasteiger partial charge < -0.3 is 4.90 Å². The van der Waals surface area contributed by atoms with Crippen LogP contribution >= 0.6 is 0 Å². The monoisotopic (exact) mass is 380 g/mol. The Balaban J connectivity index is 1.57. The highest BCUT2D eigenvalue weighted by Gasteiger charge is 2.28. The average Bonchev–Trinajstić information content (AvgIpc) is 3.24. The van der Waals surface area contributed by atoms with Crippen molar-refractivity contribution in [3.05, 3.63) is 102 Å². The second-order valence-electron chi connectivity index (χ2n) is 7.15. The van der Waals surface area contributed by atoms with Crippen LogP contribution in [0, 0.1) is 0 Å². The Morgan fingerprint density at radius 2 is 1.45 bits per heavy atom. The predicted octanol–water partition coefficient (Wildman–Crippen LogP) is 4.13. The van der Waals surface area contributed by atoms with Crippen LogP contribution in [0.3, 0.4) is 0 Å². The van der Waals surface area contributed by atoms with Crippen molar-refractivity contribution in [3.63, 3.8) is 0 Å². The van der Waals surface area contributed by atoms with Gasteiger partial charge in [0.05, 0.1) is 5.69 Å². The number of rotatable bonds is 3. The van der Waals surface area contributed by atoms with Crippen molar-refractivity contribution in [2.24, 2.45) is 0 Å². The van der Waals surface area contributed by atoms with Gasteiger partial charge in [-0.2, -0.15) is 0 Å². The van der Waals surface area contributed by atoms with Crippen molar-refractivity contribution in [2.45, 2.75) is 13.0 Å². The van der Waals surface area contributed by atoms with Crippen molar-refractivity contribution in [3.8, 4) is 16.9 Å². The molecule has 5 heteroatoms. The van der Waals surface area contributed by atoms with Crippen molar-refractivity contribution in [1.29, 1.82) is 0 Å². The van der Waals surface area contributed by atoms with Crippen LogP contribution in [0.2, 0.25) is 0 Å². The molecule has 0 saturated carbocycles. The second-order valence-corrected chi connectivity index (χ2v) is 7.15. The summed E-state index contributed by atoms with van der Waals surface area (Å²) in [4.78, 5) is 15.3. The van der Waals surface area contributed by atoms with E-state index in [0.717, 1.165) is 23.4 Å². The van der Waals surface area contributed by atoms with Gasteiger partial charge in [0.25, 0.3) is 5.91 Å². The van der Waals surface area contributed by atoms with E-state index in [1.807, 2.05) is 71.6 Å². The molecule has 0 saturated heterocycles. The van der Waals surface area contributed by atoms with E-state index < -0.39 is 0 Å². The summed E-state index contributed by atoms with van der Waals surface area (Å²) < 4.78 is 1.75. The number of carbonyl (C=O) groups is 1. The molecule has 0 N–H and O–H groups in total. The standard InChI is InChI=1S/C24H20N4O/c29-24(27-16-15-18-9-7-8-12-20(18)17-27)22-23(19-10-3-1-4-11-19)28(26-25-22)21-13-5-2-6-14-21/h1-14H,15-17H2. The summed E-state index contributed by atoms with van der Waals surface area (Å²) in [6, 6.07) is 28.0. The maximum atomic E-state index is 13.5. The first kappa shape index (κ1) is 17.4. The fourth-order valence-electron chi connectivity index (χ4n) is 3.85. The molecule has 0 aliphatic carbocycles.